The number of amides is 3. The summed E-state index contributed by atoms with van der Waals surface area (Å²) >= 11 is 3.15. The first kappa shape index (κ1) is 58.4. The fourth-order valence-electron chi connectivity index (χ4n) is 8.49. The zero-order valence-electron chi connectivity index (χ0n) is 40.7. The molecule has 0 saturated carbocycles. The Morgan fingerprint density at radius 3 is 1.47 bits per heavy atom. The monoisotopic (exact) mass is 943 g/mol. The predicted octanol–water partition coefficient (Wildman–Crippen LogP) is 11.4. The van der Waals surface area contributed by atoms with E-state index in [2.05, 4.69) is 36.7 Å². The maximum absolute atomic E-state index is 13.5. The third kappa shape index (κ3) is 29.1. The zero-order valence-corrected chi connectivity index (χ0v) is 42.6. The summed E-state index contributed by atoms with van der Waals surface area (Å²) in [5.41, 5.74) is 0.422. The zero-order chi connectivity index (χ0) is 46.7. The molecule has 64 heavy (non-hydrogen) atoms. The van der Waals surface area contributed by atoms with E-state index in [1.165, 1.54) is 165 Å². The molecule has 12 nitrogen and oxygen atoms in total. The molecule has 4 atom stereocenters. The van der Waals surface area contributed by atoms with E-state index in [1.54, 1.807) is 6.92 Å². The van der Waals surface area contributed by atoms with Crippen LogP contribution in [0.15, 0.2) is 11.8 Å². The van der Waals surface area contributed by atoms with E-state index >= 15 is 0 Å². The largest absolute Gasteiger partial charge is 0.536 e. The number of aliphatic hydroxyl groups is 1. The second-order valence-corrected chi connectivity index (χ2v) is 21.8. The highest BCUT2D eigenvalue weighted by molar-refractivity contribution is 8.32. The summed E-state index contributed by atoms with van der Waals surface area (Å²) < 4.78 is 30.9. The summed E-state index contributed by atoms with van der Waals surface area (Å²) in [6.07, 6.45) is 35.9. The molecule has 4 unspecified atom stereocenters. The first-order valence-electron chi connectivity index (χ1n) is 26.0. The van der Waals surface area contributed by atoms with Crippen LogP contribution in [-0.2, 0) is 49.8 Å². The lowest BCUT2D eigenvalue weighted by atomic mass is 10.0. The summed E-state index contributed by atoms with van der Waals surface area (Å²) in [6, 6.07) is 0. The maximum atomic E-state index is 13.5. The molecule has 0 aliphatic carbocycles. The highest BCUT2D eigenvalue weighted by Crippen LogP contribution is 2.47. The van der Waals surface area contributed by atoms with Crippen molar-refractivity contribution in [3.8, 4) is 0 Å². The molecule has 2 rings (SSSR count). The van der Waals surface area contributed by atoms with Crippen LogP contribution in [0, 0.1) is 0 Å². The topological polar surface area (TPSA) is 161 Å². The van der Waals surface area contributed by atoms with Gasteiger partial charge in [-0.2, -0.15) is 0 Å². The van der Waals surface area contributed by atoms with Crippen LogP contribution in [0.2, 0.25) is 0 Å². The van der Waals surface area contributed by atoms with Crippen molar-refractivity contribution in [1.82, 2.24) is 15.5 Å². The molecule has 0 aromatic carbocycles. The van der Waals surface area contributed by atoms with Gasteiger partial charge < -0.3 is 20.5 Å². The molecule has 0 bridgehead atoms. The smallest absolute Gasteiger partial charge is 0.390 e. The molecule has 3 amide bonds. The SMILES string of the molecule is CCCCCCCCCCCCCCCCCC(=O)NCC(CNC(=O)CCCCCCCCCCCCCCCCC)OP(=O)([SH2+])OCC1OC(N2C=C(C)C(=O)CC2=O)CC1O. The second kappa shape index (κ2) is 37.2. The number of Topliss-reactive ketones (excluding diaryl/α,β-unsaturated/α-hetero) is 1. The van der Waals surface area contributed by atoms with Gasteiger partial charge in [-0.25, -0.2) is 4.57 Å². The fraction of sp³-hybridized carbons (Fsp3) is 0.880. The predicted molar refractivity (Wildman–Crippen MR) is 263 cm³/mol. The number of carbonyl (C=O) groups is 4. The summed E-state index contributed by atoms with van der Waals surface area (Å²) in [6.45, 7) is 1.89. The van der Waals surface area contributed by atoms with Gasteiger partial charge >= 0.3 is 6.80 Å². The van der Waals surface area contributed by atoms with Crippen molar-refractivity contribution < 1.29 is 42.6 Å². The van der Waals surface area contributed by atoms with Crippen molar-refractivity contribution in [2.75, 3.05) is 19.7 Å². The van der Waals surface area contributed by atoms with Gasteiger partial charge in [0.2, 0.25) is 17.7 Å². The number of carbonyl (C=O) groups excluding carboxylic acids is 4. The van der Waals surface area contributed by atoms with Crippen molar-refractivity contribution in [2.45, 2.75) is 264 Å². The quantitative estimate of drug-likeness (QED) is 0.0234. The minimum Gasteiger partial charge on any atom is -0.390 e. The Labute approximate surface area is 394 Å². The molecule has 0 spiro atoms. The van der Waals surface area contributed by atoms with Gasteiger partial charge in [0.1, 0.15) is 18.4 Å². The van der Waals surface area contributed by atoms with Gasteiger partial charge in [-0.1, -0.05) is 194 Å². The molecule has 2 heterocycles. The van der Waals surface area contributed by atoms with E-state index in [0.717, 1.165) is 38.5 Å². The lowest BCUT2D eigenvalue weighted by Crippen LogP contribution is -2.41. The number of nitrogens with one attached hydrogen (secondary N) is 2. The molecule has 2 aliphatic rings. The van der Waals surface area contributed by atoms with Crippen molar-refractivity contribution >= 4 is 42.6 Å². The van der Waals surface area contributed by atoms with Gasteiger partial charge in [0.05, 0.1) is 31.4 Å². The molecule has 0 aromatic rings. The minimum atomic E-state index is -3.96. The third-order valence-electron chi connectivity index (χ3n) is 12.7. The maximum Gasteiger partial charge on any atom is 0.536 e. The van der Waals surface area contributed by atoms with Crippen LogP contribution in [0.4, 0.5) is 0 Å². The van der Waals surface area contributed by atoms with Crippen molar-refractivity contribution in [1.29, 1.82) is 0 Å². The van der Waals surface area contributed by atoms with Crippen LogP contribution in [0.25, 0.3) is 0 Å². The number of unbranched alkanes of at least 4 members (excludes halogenated alkanes) is 28. The lowest BCUT2D eigenvalue weighted by molar-refractivity contribution is -0.144. The Kier molecular flexibility index (Phi) is 34.0. The van der Waals surface area contributed by atoms with Crippen molar-refractivity contribution in [3.63, 3.8) is 0 Å². The van der Waals surface area contributed by atoms with E-state index < -0.39 is 37.2 Å². The molecule has 3 N–H and O–H groups in total. The molecule has 372 valence electrons. The summed E-state index contributed by atoms with van der Waals surface area (Å²) in [5, 5.41) is 16.5. The van der Waals surface area contributed by atoms with Gasteiger partial charge in [-0.3, -0.25) is 33.1 Å². The normalized spacial score (nSPS) is 18.8. The van der Waals surface area contributed by atoms with E-state index in [-0.39, 0.29) is 50.1 Å². The molecule has 14 heteroatoms. The number of ketones is 1. The Balaban J connectivity index is 1.72. The summed E-state index contributed by atoms with van der Waals surface area (Å²) in [7, 11) is 0. The van der Waals surface area contributed by atoms with Gasteiger partial charge in [-0.05, 0) is 19.8 Å². The van der Waals surface area contributed by atoms with Crippen molar-refractivity contribution in [2.24, 2.45) is 0 Å². The minimum absolute atomic E-state index is 0.0146. The molecule has 0 aromatic heterocycles. The first-order valence-corrected chi connectivity index (χ1v) is 28.9. The van der Waals surface area contributed by atoms with Crippen LogP contribution >= 0.6 is 6.80 Å². The highest BCUT2D eigenvalue weighted by Gasteiger charge is 2.42. The number of ether oxygens (including phenoxy) is 1. The van der Waals surface area contributed by atoms with Crippen molar-refractivity contribution in [3.05, 3.63) is 11.8 Å². The van der Waals surface area contributed by atoms with Crippen LogP contribution in [0.1, 0.15) is 239 Å². The summed E-state index contributed by atoms with van der Waals surface area (Å²) in [4.78, 5) is 51.5. The Hall–Kier alpha value is -1.76. The standard InChI is InChI=1S/C50H92N3O9PS/c1-4-6-8-10-12-14-16-18-20-22-24-26-28-30-32-34-47(56)51-38-43(39-52-48(57)35-33-31-29-27-25-23-21-19-17-15-13-11-9-7-5-2)62-63(59,64)60-41-46-45(55)37-50(61-46)53-40-42(3)44(54)36-49(53)58/h40,43,45-46,50,55H,4-39,41H2,1-3H3,(H,51,56)(H,52,57)(H,59,64)/p+1. The number of aliphatic hydroxyl groups excluding tert-OH is 1. The van der Waals surface area contributed by atoms with Gasteiger partial charge in [0, 0.05) is 44.1 Å². The van der Waals surface area contributed by atoms with E-state index in [1.807, 2.05) is 0 Å². The number of hydrogen-bond acceptors (Lipinski definition) is 9. The highest BCUT2D eigenvalue weighted by atomic mass is 32.7. The fourth-order valence-corrected chi connectivity index (χ4v) is 10.1. The molecular weight excluding hydrogens is 850 g/mol. The van der Waals surface area contributed by atoms with Crippen LogP contribution in [0.5, 0.6) is 0 Å². The molecule has 0 radical (unpaired) electrons. The second-order valence-electron chi connectivity index (χ2n) is 18.7. The number of nitrogens with zero attached hydrogens (tertiary/aromatic N) is 1. The first-order chi connectivity index (χ1) is 31.0. The van der Waals surface area contributed by atoms with Crippen LogP contribution in [0.3, 0.4) is 0 Å². The van der Waals surface area contributed by atoms with Gasteiger partial charge in [0.15, 0.2) is 5.78 Å². The Bertz CT molecular complexity index is 1300. The van der Waals surface area contributed by atoms with Gasteiger partial charge in [0.25, 0.3) is 0 Å². The Morgan fingerprint density at radius 2 is 1.08 bits per heavy atom. The van der Waals surface area contributed by atoms with Crippen LogP contribution in [-0.4, -0.2) is 77.7 Å². The number of rotatable bonds is 42. The molecule has 1 saturated heterocycles. The van der Waals surface area contributed by atoms with E-state index in [0.29, 0.717) is 18.4 Å². The van der Waals surface area contributed by atoms with Gasteiger partial charge in [-0.15, -0.1) is 0 Å². The average Bonchev–Trinajstić information content (AvgIpc) is 3.64. The van der Waals surface area contributed by atoms with E-state index in [4.69, 9.17) is 13.8 Å². The number of allylic oxidation sites excluding steroid dienone is 1. The molecular formula is C50H93N3O9PS+. The number of hydrogen-bond donors (Lipinski definition) is 3. The van der Waals surface area contributed by atoms with E-state index in [9.17, 15) is 28.8 Å². The average molecular weight is 943 g/mol. The molecule has 1 fully saturated rings. The Morgan fingerprint density at radius 1 is 0.703 bits per heavy atom. The summed E-state index contributed by atoms with van der Waals surface area (Å²) in [5.74, 6) is -0.948. The lowest BCUT2D eigenvalue weighted by Gasteiger charge is -2.28. The van der Waals surface area contributed by atoms with Crippen LogP contribution < -0.4 is 10.6 Å². The third-order valence-corrected chi connectivity index (χ3v) is 14.4. The molecule has 2 aliphatic heterocycles.